The summed E-state index contributed by atoms with van der Waals surface area (Å²) in [4.78, 5) is 34.5. The van der Waals surface area contributed by atoms with Crippen LogP contribution in [0, 0.1) is 0 Å². The lowest BCUT2D eigenvalue weighted by molar-refractivity contribution is -0.121. The number of H-pyrrole nitrogens is 1. The molecule has 4 rings (SSSR count). The number of aromatic amines is 1. The van der Waals surface area contributed by atoms with E-state index in [1.54, 1.807) is 11.3 Å². The summed E-state index contributed by atoms with van der Waals surface area (Å²) < 4.78 is 0. The van der Waals surface area contributed by atoms with Crippen molar-refractivity contribution in [2.75, 3.05) is 0 Å². The van der Waals surface area contributed by atoms with E-state index < -0.39 is 0 Å². The fourth-order valence-corrected chi connectivity index (χ4v) is 4.98. The second kappa shape index (κ2) is 7.64. The maximum atomic E-state index is 12.6. The molecule has 1 aliphatic carbocycles. The van der Waals surface area contributed by atoms with E-state index in [0.717, 1.165) is 35.0 Å². The van der Waals surface area contributed by atoms with Gasteiger partial charge in [-0.05, 0) is 43.7 Å². The molecule has 0 unspecified atom stereocenters. The highest BCUT2D eigenvalue weighted by Gasteiger charge is 2.20. The van der Waals surface area contributed by atoms with Crippen LogP contribution in [0.4, 0.5) is 0 Å². The summed E-state index contributed by atoms with van der Waals surface area (Å²) in [6.45, 7) is 1.97. The SMILES string of the molecule is C[C@H](NC(=O)CCc1nc2sc3c(c2c(=O)[nH]1)CCCC3)c1ccccc1. The van der Waals surface area contributed by atoms with Crippen LogP contribution in [0.25, 0.3) is 10.2 Å². The first kappa shape index (κ1) is 17.9. The molecule has 0 radical (unpaired) electrons. The van der Waals surface area contributed by atoms with Gasteiger partial charge in [-0.3, -0.25) is 9.59 Å². The summed E-state index contributed by atoms with van der Waals surface area (Å²) >= 11 is 1.64. The normalized spacial score (nSPS) is 14.7. The molecule has 5 nitrogen and oxygen atoms in total. The molecule has 0 saturated heterocycles. The minimum absolute atomic E-state index is 0.0421. The van der Waals surface area contributed by atoms with Gasteiger partial charge < -0.3 is 10.3 Å². The Morgan fingerprint density at radius 1 is 1.26 bits per heavy atom. The van der Waals surface area contributed by atoms with Crippen molar-refractivity contribution in [3.63, 3.8) is 0 Å². The lowest BCUT2D eigenvalue weighted by Crippen LogP contribution is -2.27. The summed E-state index contributed by atoms with van der Waals surface area (Å²) in [6, 6.07) is 9.83. The van der Waals surface area contributed by atoms with Crippen LogP contribution in [-0.2, 0) is 24.1 Å². The van der Waals surface area contributed by atoms with E-state index in [9.17, 15) is 9.59 Å². The number of benzene rings is 1. The van der Waals surface area contributed by atoms with Crippen LogP contribution < -0.4 is 10.9 Å². The van der Waals surface area contributed by atoms with E-state index in [2.05, 4.69) is 15.3 Å². The zero-order valence-corrected chi connectivity index (χ0v) is 16.2. The first-order chi connectivity index (χ1) is 13.1. The van der Waals surface area contributed by atoms with Crippen LogP contribution in [0.2, 0.25) is 0 Å². The molecule has 0 bridgehead atoms. The minimum Gasteiger partial charge on any atom is -0.350 e. The number of carbonyl (C=O) groups excluding carboxylic acids is 1. The van der Waals surface area contributed by atoms with E-state index in [4.69, 9.17) is 0 Å². The maximum Gasteiger partial charge on any atom is 0.259 e. The Balaban J connectivity index is 1.44. The molecular formula is C21H23N3O2S. The average Bonchev–Trinajstić information content (AvgIpc) is 3.06. The van der Waals surface area contributed by atoms with Gasteiger partial charge in [-0.2, -0.15) is 0 Å². The Labute approximate surface area is 161 Å². The van der Waals surface area contributed by atoms with Gasteiger partial charge in [0.05, 0.1) is 11.4 Å². The topological polar surface area (TPSA) is 74.8 Å². The third kappa shape index (κ3) is 3.81. The summed E-state index contributed by atoms with van der Waals surface area (Å²) in [6.07, 6.45) is 5.08. The van der Waals surface area contributed by atoms with Crippen molar-refractivity contribution < 1.29 is 4.79 Å². The van der Waals surface area contributed by atoms with Crippen molar-refractivity contribution >= 4 is 27.5 Å². The molecule has 0 saturated carbocycles. The third-order valence-electron chi connectivity index (χ3n) is 5.14. The Kier molecular flexibility index (Phi) is 5.07. The molecule has 2 N–H and O–H groups in total. The predicted octanol–water partition coefficient (Wildman–Crippen LogP) is 3.67. The molecular weight excluding hydrogens is 358 g/mol. The Bertz CT molecular complexity index is 1020. The highest BCUT2D eigenvalue weighted by Crippen LogP contribution is 2.33. The number of fused-ring (bicyclic) bond motifs is 3. The predicted molar refractivity (Wildman–Crippen MR) is 108 cm³/mol. The molecule has 140 valence electrons. The minimum atomic E-state index is -0.0625. The van der Waals surface area contributed by atoms with Crippen molar-refractivity contribution in [2.24, 2.45) is 0 Å². The first-order valence-corrected chi connectivity index (χ1v) is 10.3. The van der Waals surface area contributed by atoms with Gasteiger partial charge in [-0.15, -0.1) is 11.3 Å². The summed E-state index contributed by atoms with van der Waals surface area (Å²) in [5.74, 6) is 0.549. The zero-order valence-electron chi connectivity index (χ0n) is 15.4. The quantitative estimate of drug-likeness (QED) is 0.708. The number of nitrogens with zero attached hydrogens (tertiary/aromatic N) is 1. The Morgan fingerprint density at radius 2 is 2.04 bits per heavy atom. The molecule has 1 atom stereocenters. The second-order valence-electron chi connectivity index (χ2n) is 7.10. The number of hydrogen-bond acceptors (Lipinski definition) is 4. The lowest BCUT2D eigenvalue weighted by atomic mass is 9.97. The van der Waals surface area contributed by atoms with Crippen molar-refractivity contribution in [3.8, 4) is 0 Å². The Morgan fingerprint density at radius 3 is 2.85 bits per heavy atom. The van der Waals surface area contributed by atoms with Gasteiger partial charge in [0.1, 0.15) is 10.7 Å². The highest BCUT2D eigenvalue weighted by atomic mass is 32.1. The fourth-order valence-electron chi connectivity index (χ4n) is 3.70. The van der Waals surface area contributed by atoms with E-state index >= 15 is 0 Å². The zero-order chi connectivity index (χ0) is 18.8. The maximum absolute atomic E-state index is 12.6. The van der Waals surface area contributed by atoms with Gasteiger partial charge >= 0.3 is 0 Å². The van der Waals surface area contributed by atoms with E-state index in [-0.39, 0.29) is 17.5 Å². The molecule has 0 spiro atoms. The van der Waals surface area contributed by atoms with Gasteiger partial charge in [0, 0.05) is 17.7 Å². The molecule has 0 fully saturated rings. The molecule has 2 aromatic heterocycles. The molecule has 1 amide bonds. The van der Waals surface area contributed by atoms with Crippen molar-refractivity contribution in [2.45, 2.75) is 51.5 Å². The summed E-state index contributed by atoms with van der Waals surface area (Å²) in [5, 5.41) is 3.77. The van der Waals surface area contributed by atoms with E-state index in [0.29, 0.717) is 18.7 Å². The number of carbonyl (C=O) groups is 1. The van der Waals surface area contributed by atoms with Crippen LogP contribution >= 0.6 is 11.3 Å². The van der Waals surface area contributed by atoms with Crippen molar-refractivity contribution in [1.29, 1.82) is 0 Å². The largest absolute Gasteiger partial charge is 0.350 e. The average molecular weight is 382 g/mol. The summed E-state index contributed by atoms with van der Waals surface area (Å²) in [7, 11) is 0. The van der Waals surface area contributed by atoms with E-state index in [1.807, 2.05) is 37.3 Å². The number of thiophene rings is 1. The molecule has 1 aliphatic rings. The van der Waals surface area contributed by atoms with Gasteiger partial charge in [0.15, 0.2) is 0 Å². The van der Waals surface area contributed by atoms with Crippen LogP contribution in [0.1, 0.15) is 54.1 Å². The molecule has 6 heteroatoms. The van der Waals surface area contributed by atoms with Gasteiger partial charge in [-0.1, -0.05) is 30.3 Å². The van der Waals surface area contributed by atoms with Crippen molar-refractivity contribution in [1.82, 2.24) is 15.3 Å². The van der Waals surface area contributed by atoms with Crippen LogP contribution in [0.15, 0.2) is 35.1 Å². The molecule has 0 aliphatic heterocycles. The standard InChI is InChI=1S/C21H23N3O2S/c1-13(14-7-3-2-4-8-14)22-18(25)12-11-17-23-20(26)19-15-9-5-6-10-16(15)27-21(19)24-17/h2-4,7-8,13H,5-6,9-12H2,1H3,(H,22,25)(H,23,24,26)/t13-/m0/s1. The van der Waals surface area contributed by atoms with Crippen LogP contribution in [0.5, 0.6) is 0 Å². The number of nitrogens with one attached hydrogen (secondary N) is 2. The number of hydrogen-bond donors (Lipinski definition) is 2. The number of aryl methyl sites for hydroxylation is 3. The smallest absolute Gasteiger partial charge is 0.259 e. The molecule has 2 heterocycles. The van der Waals surface area contributed by atoms with E-state index in [1.165, 1.54) is 16.9 Å². The van der Waals surface area contributed by atoms with Crippen LogP contribution in [-0.4, -0.2) is 15.9 Å². The number of rotatable bonds is 5. The second-order valence-corrected chi connectivity index (χ2v) is 8.19. The fraction of sp³-hybridized carbons (Fsp3) is 0.381. The van der Waals surface area contributed by atoms with Gasteiger partial charge in [0.25, 0.3) is 5.56 Å². The van der Waals surface area contributed by atoms with Crippen molar-refractivity contribution in [3.05, 3.63) is 62.5 Å². The first-order valence-electron chi connectivity index (χ1n) is 9.49. The molecule has 1 aromatic carbocycles. The van der Waals surface area contributed by atoms with Crippen LogP contribution in [0.3, 0.4) is 0 Å². The van der Waals surface area contributed by atoms with Gasteiger partial charge in [-0.25, -0.2) is 4.98 Å². The van der Waals surface area contributed by atoms with Gasteiger partial charge in [0.2, 0.25) is 5.91 Å². The molecule has 27 heavy (non-hydrogen) atoms. The monoisotopic (exact) mass is 381 g/mol. The highest BCUT2D eigenvalue weighted by molar-refractivity contribution is 7.18. The number of amides is 1. The third-order valence-corrected chi connectivity index (χ3v) is 6.33. The number of aromatic nitrogens is 2. The summed E-state index contributed by atoms with van der Waals surface area (Å²) in [5.41, 5.74) is 2.20. The lowest BCUT2D eigenvalue weighted by Gasteiger charge is -2.14. The molecule has 3 aromatic rings. The Hall–Kier alpha value is -2.47.